The highest BCUT2D eigenvalue weighted by Crippen LogP contribution is 2.57. The van der Waals surface area contributed by atoms with Gasteiger partial charge in [0.15, 0.2) is 11.0 Å². The van der Waals surface area contributed by atoms with Crippen molar-refractivity contribution in [2.75, 3.05) is 23.4 Å². The number of esters is 1. The molecule has 0 unspecified atom stereocenters. The monoisotopic (exact) mass is 503 g/mol. The Kier molecular flexibility index (Phi) is 6.01. The second kappa shape index (κ2) is 8.76. The van der Waals surface area contributed by atoms with Gasteiger partial charge in [0.05, 0.1) is 24.3 Å². The van der Waals surface area contributed by atoms with Crippen LogP contribution < -0.4 is 10.2 Å². The summed E-state index contributed by atoms with van der Waals surface area (Å²) >= 11 is 1.44. The molecule has 1 N–H and O–H groups in total. The van der Waals surface area contributed by atoms with Crippen LogP contribution in [-0.4, -0.2) is 45.9 Å². The van der Waals surface area contributed by atoms with E-state index in [0.29, 0.717) is 30.8 Å². The van der Waals surface area contributed by atoms with Gasteiger partial charge in [0, 0.05) is 23.3 Å². The van der Waals surface area contributed by atoms with Crippen molar-refractivity contribution in [1.82, 2.24) is 15.1 Å². The molecule has 190 valence electrons. The number of nitrogens with zero attached hydrogens (tertiary/aromatic N) is 4. The normalized spacial score (nSPS) is 25.8. The topological polar surface area (TPSA) is 120 Å². The molecule has 3 fully saturated rings. The van der Waals surface area contributed by atoms with E-state index in [1.807, 2.05) is 27.7 Å². The Morgan fingerprint density at radius 2 is 1.86 bits per heavy atom. The second-order valence-corrected chi connectivity index (χ2v) is 12.0. The third-order valence-electron chi connectivity index (χ3n) is 7.45. The summed E-state index contributed by atoms with van der Waals surface area (Å²) in [5, 5.41) is 7.66. The van der Waals surface area contributed by atoms with E-state index in [0.717, 1.165) is 61.3 Å². The maximum Gasteiger partial charge on any atom is 0.413 e. The molecule has 0 atom stereocenters. The van der Waals surface area contributed by atoms with Gasteiger partial charge in [-0.05, 0) is 66.2 Å². The molecule has 1 aliphatic heterocycles. The van der Waals surface area contributed by atoms with Crippen molar-refractivity contribution in [3.63, 3.8) is 0 Å². The smallest absolute Gasteiger partial charge is 0.413 e. The molecule has 3 aliphatic carbocycles. The van der Waals surface area contributed by atoms with Crippen molar-refractivity contribution in [3.05, 3.63) is 16.4 Å². The van der Waals surface area contributed by atoms with Gasteiger partial charge in [-0.3, -0.25) is 10.1 Å². The van der Waals surface area contributed by atoms with Crippen molar-refractivity contribution >= 4 is 34.5 Å². The Hall–Kier alpha value is -2.69. The number of carbonyl (C=O) groups is 2. The summed E-state index contributed by atoms with van der Waals surface area (Å²) in [6.07, 6.45) is 5.31. The minimum Gasteiger partial charge on any atom is -0.466 e. The minimum atomic E-state index is -0.566. The van der Waals surface area contributed by atoms with Gasteiger partial charge < -0.3 is 18.9 Å². The van der Waals surface area contributed by atoms with E-state index in [1.165, 1.54) is 11.3 Å². The van der Waals surface area contributed by atoms with Crippen LogP contribution in [-0.2, 0) is 32.6 Å². The van der Waals surface area contributed by atoms with Crippen molar-refractivity contribution in [2.45, 2.75) is 90.2 Å². The highest BCUT2D eigenvalue weighted by atomic mass is 32.1. The first-order valence-electron chi connectivity index (χ1n) is 12.4. The zero-order chi connectivity index (χ0) is 24.8. The van der Waals surface area contributed by atoms with Crippen LogP contribution in [0.25, 0.3) is 0 Å². The number of thiazole rings is 1. The molecule has 0 saturated heterocycles. The Labute approximate surface area is 208 Å². The van der Waals surface area contributed by atoms with Crippen LogP contribution in [0.5, 0.6) is 0 Å². The molecule has 0 aromatic carbocycles. The summed E-state index contributed by atoms with van der Waals surface area (Å²) < 4.78 is 16.4. The number of fused-ring (bicyclic) bond motifs is 4. The Bertz CT molecular complexity index is 1100. The quantitative estimate of drug-likeness (QED) is 0.584. The Balaban J connectivity index is 1.24. The molecule has 2 bridgehead atoms. The van der Waals surface area contributed by atoms with Crippen LogP contribution in [0.3, 0.4) is 0 Å². The molecule has 10 nitrogen and oxygen atoms in total. The van der Waals surface area contributed by atoms with Crippen LogP contribution in [0.4, 0.5) is 15.9 Å². The Morgan fingerprint density at radius 3 is 2.51 bits per heavy atom. The number of amides is 1. The lowest BCUT2D eigenvalue weighted by atomic mass is 9.53. The van der Waals surface area contributed by atoms with Gasteiger partial charge in [0.2, 0.25) is 0 Å². The molecule has 0 radical (unpaired) electrons. The van der Waals surface area contributed by atoms with Gasteiger partial charge in [0.1, 0.15) is 5.60 Å². The predicted molar refractivity (Wildman–Crippen MR) is 129 cm³/mol. The summed E-state index contributed by atoms with van der Waals surface area (Å²) in [6.45, 7) is 9.08. The number of hydrogen-bond donors (Lipinski definition) is 1. The van der Waals surface area contributed by atoms with Gasteiger partial charge in [-0.1, -0.05) is 16.5 Å². The number of ether oxygens (including phenoxy) is 2. The lowest BCUT2D eigenvalue weighted by Gasteiger charge is -2.50. The highest BCUT2D eigenvalue weighted by Gasteiger charge is 2.55. The highest BCUT2D eigenvalue weighted by molar-refractivity contribution is 7.15. The lowest BCUT2D eigenvalue weighted by molar-refractivity contribution is -0.163. The predicted octanol–water partition coefficient (Wildman–Crippen LogP) is 4.59. The molecule has 2 aromatic rings. The second-order valence-electron chi connectivity index (χ2n) is 10.9. The van der Waals surface area contributed by atoms with Crippen LogP contribution in [0.15, 0.2) is 4.52 Å². The van der Waals surface area contributed by atoms with E-state index in [1.54, 1.807) is 0 Å². The number of hydrogen-bond acceptors (Lipinski definition) is 10. The van der Waals surface area contributed by atoms with E-state index >= 15 is 0 Å². The van der Waals surface area contributed by atoms with E-state index in [4.69, 9.17) is 19.0 Å². The summed E-state index contributed by atoms with van der Waals surface area (Å²) in [6, 6.07) is 0.517. The van der Waals surface area contributed by atoms with Crippen molar-refractivity contribution < 1.29 is 23.6 Å². The first-order chi connectivity index (χ1) is 16.6. The third kappa shape index (κ3) is 4.62. The summed E-state index contributed by atoms with van der Waals surface area (Å²) in [7, 11) is 0. The van der Waals surface area contributed by atoms with Crippen LogP contribution in [0.1, 0.15) is 82.6 Å². The molecule has 6 rings (SSSR count). The number of rotatable bonds is 5. The maximum absolute atomic E-state index is 12.5. The molecule has 0 spiro atoms. The molecule has 2 aromatic heterocycles. The van der Waals surface area contributed by atoms with E-state index in [9.17, 15) is 9.59 Å². The molecule has 11 heteroatoms. The molecule has 35 heavy (non-hydrogen) atoms. The van der Waals surface area contributed by atoms with E-state index < -0.39 is 11.7 Å². The number of nitrogens with one attached hydrogen (secondary N) is 1. The number of anilines is 2. The number of carbonyl (C=O) groups excluding carboxylic acids is 2. The summed E-state index contributed by atoms with van der Waals surface area (Å²) in [5.41, 5.74) is -0.0359. The molecule has 3 heterocycles. The van der Waals surface area contributed by atoms with Crippen LogP contribution >= 0.6 is 11.3 Å². The average Bonchev–Trinajstić information content (AvgIpc) is 3.46. The summed E-state index contributed by atoms with van der Waals surface area (Å²) in [4.78, 5) is 37.2. The fourth-order valence-corrected chi connectivity index (χ4v) is 6.48. The third-order valence-corrected chi connectivity index (χ3v) is 8.45. The molecule has 1 amide bonds. The van der Waals surface area contributed by atoms with Gasteiger partial charge in [-0.2, -0.15) is 4.98 Å². The standard InChI is InChI=1S/C24H33N5O5S/c1-5-32-18(30)24-10-7-23(8-11-24,9-12-24)17-26-20(34-28-17)29-13-6-15-16(14-29)35-19(25-15)27-21(31)33-22(2,3)4/h5-14H2,1-4H3,(H,25,27,31). The molecule has 4 aliphatic rings. The summed E-state index contributed by atoms with van der Waals surface area (Å²) in [5.74, 6) is 0.711. The van der Waals surface area contributed by atoms with E-state index in [-0.39, 0.29) is 16.8 Å². The van der Waals surface area contributed by atoms with Crippen molar-refractivity contribution in [2.24, 2.45) is 5.41 Å². The molecule has 3 saturated carbocycles. The fraction of sp³-hybridized carbons (Fsp3) is 0.708. The SMILES string of the molecule is CCOC(=O)C12CCC(c3noc(N4CCc5nc(NC(=O)OC(C)(C)C)sc5C4)n3)(CC1)CC2. The molecular formula is C24H33N5O5S. The van der Waals surface area contributed by atoms with Gasteiger partial charge in [0.25, 0.3) is 0 Å². The van der Waals surface area contributed by atoms with Gasteiger partial charge in [-0.25, -0.2) is 9.78 Å². The van der Waals surface area contributed by atoms with Crippen LogP contribution in [0, 0.1) is 5.41 Å². The largest absolute Gasteiger partial charge is 0.466 e. The number of aromatic nitrogens is 3. The van der Waals surface area contributed by atoms with Gasteiger partial charge >= 0.3 is 18.1 Å². The molecular weight excluding hydrogens is 470 g/mol. The van der Waals surface area contributed by atoms with Gasteiger partial charge in [-0.15, -0.1) is 0 Å². The maximum atomic E-state index is 12.5. The minimum absolute atomic E-state index is 0.0451. The first-order valence-corrected chi connectivity index (χ1v) is 13.2. The first kappa shape index (κ1) is 24.0. The van der Waals surface area contributed by atoms with Crippen molar-refractivity contribution in [3.8, 4) is 0 Å². The van der Waals surface area contributed by atoms with Crippen LogP contribution in [0.2, 0.25) is 0 Å². The zero-order valence-electron chi connectivity index (χ0n) is 20.8. The zero-order valence-corrected chi connectivity index (χ0v) is 21.6. The fourth-order valence-electron chi connectivity index (χ4n) is 5.47. The van der Waals surface area contributed by atoms with Crippen molar-refractivity contribution in [1.29, 1.82) is 0 Å². The Morgan fingerprint density at radius 1 is 1.14 bits per heavy atom. The average molecular weight is 504 g/mol. The lowest BCUT2D eigenvalue weighted by Crippen LogP contribution is -2.49. The van der Waals surface area contributed by atoms with E-state index in [2.05, 4.69) is 20.4 Å².